The molecule has 3 aliphatic rings. The highest BCUT2D eigenvalue weighted by Crippen LogP contribution is 2.25. The molecule has 31 heavy (non-hydrogen) atoms. The lowest BCUT2D eigenvalue weighted by Crippen LogP contribution is -2.52. The summed E-state index contributed by atoms with van der Waals surface area (Å²) in [4.78, 5) is 9.46. The number of nitrogens with one attached hydrogen (secondary N) is 2. The van der Waals surface area contributed by atoms with Crippen LogP contribution in [-0.4, -0.2) is 94.5 Å². The Labute approximate surface area is 185 Å². The number of methoxy groups -OCH3 is 2. The zero-order valence-electron chi connectivity index (χ0n) is 19.1. The fourth-order valence-electron chi connectivity index (χ4n) is 4.92. The number of nitrogens with zero attached hydrogens (tertiary/aromatic N) is 3. The molecule has 1 aromatic carbocycles. The van der Waals surface area contributed by atoms with Crippen molar-refractivity contribution >= 4 is 5.96 Å². The third kappa shape index (κ3) is 5.81. The zero-order valence-corrected chi connectivity index (χ0v) is 19.1. The van der Waals surface area contributed by atoms with Crippen LogP contribution < -0.4 is 20.1 Å². The third-order valence-corrected chi connectivity index (χ3v) is 6.61. The van der Waals surface area contributed by atoms with Gasteiger partial charge >= 0.3 is 0 Å². The zero-order chi connectivity index (χ0) is 21.6. The molecule has 0 amide bonds. The molecule has 0 bridgehead atoms. The van der Waals surface area contributed by atoms with Gasteiger partial charge in [0, 0.05) is 57.9 Å². The minimum Gasteiger partial charge on any atom is -0.497 e. The molecule has 3 aliphatic heterocycles. The Balaban J connectivity index is 1.22. The molecule has 3 fully saturated rings. The molecule has 0 saturated carbocycles. The molecule has 8 heteroatoms. The molecular weight excluding hydrogens is 394 g/mol. The van der Waals surface area contributed by atoms with Crippen LogP contribution in [0.2, 0.25) is 0 Å². The Morgan fingerprint density at radius 3 is 2.68 bits per heavy atom. The van der Waals surface area contributed by atoms with Gasteiger partial charge in [-0.15, -0.1) is 0 Å². The fourth-order valence-corrected chi connectivity index (χ4v) is 4.92. The van der Waals surface area contributed by atoms with Gasteiger partial charge < -0.3 is 24.8 Å². The highest BCUT2D eigenvalue weighted by atomic mass is 16.5. The number of morpholine rings is 1. The van der Waals surface area contributed by atoms with Gasteiger partial charge in [-0.2, -0.15) is 0 Å². The van der Waals surface area contributed by atoms with Gasteiger partial charge in [-0.05, 0) is 43.5 Å². The lowest BCUT2D eigenvalue weighted by atomic mass is 10.2. The van der Waals surface area contributed by atoms with E-state index in [2.05, 4.69) is 37.6 Å². The number of benzene rings is 1. The van der Waals surface area contributed by atoms with Crippen molar-refractivity contribution < 1.29 is 14.2 Å². The van der Waals surface area contributed by atoms with Crippen molar-refractivity contribution in [3.05, 3.63) is 23.8 Å². The van der Waals surface area contributed by atoms with E-state index in [1.54, 1.807) is 14.2 Å². The molecule has 172 valence electrons. The number of ether oxygens (including phenoxy) is 3. The monoisotopic (exact) mass is 431 g/mol. The van der Waals surface area contributed by atoms with Gasteiger partial charge in [-0.1, -0.05) is 0 Å². The van der Waals surface area contributed by atoms with Gasteiger partial charge in [0.25, 0.3) is 0 Å². The van der Waals surface area contributed by atoms with Gasteiger partial charge in [-0.3, -0.25) is 14.8 Å². The average molecular weight is 432 g/mol. The number of fused-ring (bicyclic) bond motifs is 1. The highest BCUT2D eigenvalue weighted by Gasteiger charge is 2.32. The van der Waals surface area contributed by atoms with Crippen LogP contribution >= 0.6 is 0 Å². The van der Waals surface area contributed by atoms with E-state index in [4.69, 9.17) is 14.2 Å². The number of guanidine groups is 1. The first-order valence-electron chi connectivity index (χ1n) is 11.4. The van der Waals surface area contributed by atoms with Crippen molar-refractivity contribution in [3.63, 3.8) is 0 Å². The summed E-state index contributed by atoms with van der Waals surface area (Å²) in [6.07, 6.45) is 3.91. The fraction of sp³-hybridized carbons (Fsp3) is 0.696. The molecule has 2 N–H and O–H groups in total. The molecule has 3 saturated heterocycles. The van der Waals surface area contributed by atoms with E-state index in [0.717, 1.165) is 63.2 Å². The topological polar surface area (TPSA) is 70.6 Å². The smallest absolute Gasteiger partial charge is 0.191 e. The van der Waals surface area contributed by atoms with Crippen LogP contribution in [0, 0.1) is 0 Å². The van der Waals surface area contributed by atoms with Crippen molar-refractivity contribution in [2.24, 2.45) is 4.99 Å². The Kier molecular flexibility index (Phi) is 7.53. The molecule has 0 aromatic heterocycles. The third-order valence-electron chi connectivity index (χ3n) is 6.61. The summed E-state index contributed by atoms with van der Waals surface area (Å²) in [6, 6.07) is 7.10. The number of rotatable bonds is 7. The summed E-state index contributed by atoms with van der Waals surface area (Å²) < 4.78 is 16.9. The molecule has 3 atom stereocenters. The molecule has 3 heterocycles. The lowest BCUT2D eigenvalue weighted by molar-refractivity contribution is -0.0453. The van der Waals surface area contributed by atoms with Crippen LogP contribution in [-0.2, 0) is 11.3 Å². The Bertz CT molecular complexity index is 736. The first kappa shape index (κ1) is 22.2. The van der Waals surface area contributed by atoms with Crippen LogP contribution in [0.25, 0.3) is 0 Å². The van der Waals surface area contributed by atoms with Gasteiger partial charge in [0.15, 0.2) is 5.96 Å². The molecule has 4 rings (SSSR count). The molecule has 1 aromatic rings. The number of hydrogen-bond acceptors (Lipinski definition) is 6. The van der Waals surface area contributed by atoms with Gasteiger partial charge in [0.05, 0.1) is 26.9 Å². The largest absolute Gasteiger partial charge is 0.497 e. The normalized spacial score (nSPS) is 27.2. The molecular formula is C23H37N5O3. The van der Waals surface area contributed by atoms with Crippen LogP contribution in [0.4, 0.5) is 0 Å². The number of aliphatic imine (C=N–C) groups is 1. The van der Waals surface area contributed by atoms with Crippen LogP contribution in [0.5, 0.6) is 11.5 Å². The maximum Gasteiger partial charge on any atom is 0.191 e. The first-order valence-corrected chi connectivity index (χ1v) is 11.4. The van der Waals surface area contributed by atoms with Gasteiger partial charge in [0.2, 0.25) is 0 Å². The standard InChI is InChI=1S/C23H37N5O3/c1-24-23(25-12-22-15-28-7-4-5-19(28)16-31-22)26-18-6-8-27(14-18)13-17-9-20(29-2)11-21(10-17)30-3/h9-11,18-19,22H,4-8,12-16H2,1-3H3,(H2,24,25,26). The SMILES string of the molecule is CN=C(NCC1CN2CCCC2CO1)NC1CCN(Cc2cc(OC)cc(OC)c2)C1. The summed E-state index contributed by atoms with van der Waals surface area (Å²) in [5.41, 5.74) is 1.20. The highest BCUT2D eigenvalue weighted by molar-refractivity contribution is 5.80. The minimum atomic E-state index is 0.232. The van der Waals surface area contributed by atoms with E-state index < -0.39 is 0 Å². The van der Waals surface area contributed by atoms with Crippen molar-refractivity contribution in [2.45, 2.75) is 44.0 Å². The molecule has 8 nitrogen and oxygen atoms in total. The van der Waals surface area contributed by atoms with Crippen molar-refractivity contribution in [1.29, 1.82) is 0 Å². The first-order chi connectivity index (χ1) is 15.2. The summed E-state index contributed by atoms with van der Waals surface area (Å²) in [5, 5.41) is 7.07. The lowest BCUT2D eigenvalue weighted by Gasteiger charge is -2.35. The van der Waals surface area contributed by atoms with E-state index >= 15 is 0 Å². The summed E-state index contributed by atoms with van der Waals surface area (Å²) >= 11 is 0. The maximum absolute atomic E-state index is 6.06. The van der Waals surface area contributed by atoms with E-state index in [1.165, 1.54) is 24.9 Å². The second kappa shape index (κ2) is 10.5. The Morgan fingerprint density at radius 1 is 1.13 bits per heavy atom. The van der Waals surface area contributed by atoms with E-state index in [1.807, 2.05) is 13.1 Å². The second-order valence-electron chi connectivity index (χ2n) is 8.79. The molecule has 3 unspecified atom stereocenters. The molecule has 0 radical (unpaired) electrons. The van der Waals surface area contributed by atoms with Gasteiger partial charge in [0.1, 0.15) is 11.5 Å². The minimum absolute atomic E-state index is 0.232. The summed E-state index contributed by atoms with van der Waals surface area (Å²) in [7, 11) is 5.21. The summed E-state index contributed by atoms with van der Waals surface area (Å²) in [5.74, 6) is 2.53. The Morgan fingerprint density at radius 2 is 1.94 bits per heavy atom. The van der Waals surface area contributed by atoms with E-state index in [0.29, 0.717) is 12.1 Å². The average Bonchev–Trinajstić information content (AvgIpc) is 3.45. The van der Waals surface area contributed by atoms with Gasteiger partial charge in [-0.25, -0.2) is 0 Å². The number of hydrogen-bond donors (Lipinski definition) is 2. The Hall–Kier alpha value is -2.03. The maximum atomic E-state index is 6.06. The van der Waals surface area contributed by atoms with Crippen molar-refractivity contribution in [3.8, 4) is 11.5 Å². The van der Waals surface area contributed by atoms with Crippen molar-refractivity contribution in [2.75, 3.05) is 60.6 Å². The quantitative estimate of drug-likeness (QED) is 0.498. The molecule has 0 aliphatic carbocycles. The van der Waals surface area contributed by atoms with Crippen LogP contribution in [0.15, 0.2) is 23.2 Å². The van der Waals surface area contributed by atoms with Crippen molar-refractivity contribution in [1.82, 2.24) is 20.4 Å². The predicted octanol–water partition coefficient (Wildman–Crippen LogP) is 1.31. The number of likely N-dealkylation sites (tertiary alicyclic amines) is 1. The van der Waals surface area contributed by atoms with Crippen LogP contribution in [0.1, 0.15) is 24.8 Å². The predicted molar refractivity (Wildman–Crippen MR) is 122 cm³/mol. The van der Waals surface area contributed by atoms with E-state index in [-0.39, 0.29) is 6.10 Å². The van der Waals surface area contributed by atoms with Crippen LogP contribution in [0.3, 0.4) is 0 Å². The summed E-state index contributed by atoms with van der Waals surface area (Å²) in [6.45, 7) is 6.81. The second-order valence-corrected chi connectivity index (χ2v) is 8.79. The van der Waals surface area contributed by atoms with E-state index in [9.17, 15) is 0 Å². The molecule has 0 spiro atoms.